The van der Waals surface area contributed by atoms with E-state index in [0.717, 1.165) is 18.4 Å². The third-order valence-electron chi connectivity index (χ3n) is 6.47. The van der Waals surface area contributed by atoms with Gasteiger partial charge < -0.3 is 46.2 Å². The van der Waals surface area contributed by atoms with Gasteiger partial charge in [0.1, 0.15) is 19.5 Å². The molecule has 14 nitrogen and oxygen atoms in total. The van der Waals surface area contributed by atoms with Gasteiger partial charge in [0, 0.05) is 32.6 Å². The molecular weight excluding hydrogens is 656 g/mol. The number of urea groups is 1. The van der Waals surface area contributed by atoms with Crippen molar-refractivity contribution in [1.29, 1.82) is 0 Å². The third-order valence-corrected chi connectivity index (χ3v) is 6.47. The van der Waals surface area contributed by atoms with E-state index in [1.165, 1.54) is 31.1 Å². The molecule has 1 atom stereocenters. The van der Waals surface area contributed by atoms with Crippen LogP contribution in [0.25, 0.3) is 0 Å². The molecule has 1 aromatic rings. The fraction of sp³-hybridized carbons (Fsp3) is 0.676. The Morgan fingerprint density at radius 2 is 1.55 bits per heavy atom. The van der Waals surface area contributed by atoms with E-state index in [-0.39, 0.29) is 38.1 Å². The predicted molar refractivity (Wildman–Crippen MR) is 203 cm³/mol. The highest BCUT2D eigenvalue weighted by Crippen LogP contribution is 2.22. The second-order valence-electron chi connectivity index (χ2n) is 12.6. The van der Waals surface area contributed by atoms with E-state index in [2.05, 4.69) is 55.9 Å². The maximum absolute atomic E-state index is 12.4. The van der Waals surface area contributed by atoms with Crippen LogP contribution in [0.2, 0.25) is 0 Å². The number of nitrogens with zero attached hydrogens (tertiary/aromatic N) is 1. The highest BCUT2D eigenvalue weighted by molar-refractivity contribution is 5.94. The van der Waals surface area contributed by atoms with Crippen LogP contribution in [0.1, 0.15) is 112 Å². The number of anilines is 1. The summed E-state index contributed by atoms with van der Waals surface area (Å²) in [4.78, 5) is 68.1. The second-order valence-corrected chi connectivity index (χ2v) is 12.6. The van der Waals surface area contributed by atoms with Crippen LogP contribution in [-0.2, 0) is 35.3 Å². The fourth-order valence-electron chi connectivity index (χ4n) is 3.87. The zero-order chi connectivity index (χ0) is 39.7. The minimum Gasteiger partial charge on any atom is -0.464 e. The van der Waals surface area contributed by atoms with Crippen LogP contribution in [0.4, 0.5) is 15.3 Å². The minimum absolute atomic E-state index is 0.0159. The van der Waals surface area contributed by atoms with Crippen molar-refractivity contribution in [2.24, 2.45) is 11.1 Å². The maximum atomic E-state index is 12.4. The third kappa shape index (κ3) is 34.0. The van der Waals surface area contributed by atoms with Crippen LogP contribution < -0.4 is 27.0 Å². The van der Waals surface area contributed by atoms with Gasteiger partial charge >= 0.3 is 18.1 Å². The lowest BCUT2D eigenvalue weighted by atomic mass is 9.89. The molecule has 0 saturated carbocycles. The summed E-state index contributed by atoms with van der Waals surface area (Å²) in [5, 5.41) is 10.8. The number of rotatable bonds is 19. The summed E-state index contributed by atoms with van der Waals surface area (Å²) in [6, 6.07) is 5.90. The van der Waals surface area contributed by atoms with Gasteiger partial charge in [0.05, 0.1) is 19.1 Å². The number of carbonyl (C=O) groups excluding carboxylic acids is 6. The van der Waals surface area contributed by atoms with Crippen molar-refractivity contribution in [1.82, 2.24) is 20.9 Å². The number of ether oxygens (including phenoxy) is 2. The predicted octanol–water partition coefficient (Wildman–Crippen LogP) is 5.53. The molecule has 1 aromatic carbocycles. The van der Waals surface area contributed by atoms with Crippen LogP contribution in [0, 0.1) is 5.41 Å². The van der Waals surface area contributed by atoms with Gasteiger partial charge in [0.2, 0.25) is 11.8 Å². The van der Waals surface area contributed by atoms with Crippen molar-refractivity contribution < 1.29 is 38.2 Å². The number of amides is 5. The minimum atomic E-state index is -0.593. The van der Waals surface area contributed by atoms with Gasteiger partial charge in [0.25, 0.3) is 0 Å². The van der Waals surface area contributed by atoms with Crippen molar-refractivity contribution in [3.63, 3.8) is 0 Å². The van der Waals surface area contributed by atoms with Gasteiger partial charge in [-0.2, -0.15) is 0 Å². The number of hydrogen-bond donors (Lipinski definition) is 5. The van der Waals surface area contributed by atoms with E-state index in [0.29, 0.717) is 43.2 Å². The molecule has 1 rings (SSSR count). The molecule has 14 heteroatoms. The van der Waals surface area contributed by atoms with E-state index in [9.17, 15) is 28.8 Å². The molecular formula is C37H68N6O8. The molecule has 5 amide bonds. The first kappa shape index (κ1) is 51.2. The fourth-order valence-corrected chi connectivity index (χ4v) is 3.87. The van der Waals surface area contributed by atoms with Gasteiger partial charge in [-0.25, -0.2) is 9.59 Å². The van der Waals surface area contributed by atoms with Gasteiger partial charge in [-0.15, -0.1) is 0 Å². The number of hydrogen-bond acceptors (Lipinski definition) is 9. The Kier molecular flexibility index (Phi) is 33.1. The van der Waals surface area contributed by atoms with E-state index < -0.39 is 24.1 Å². The van der Waals surface area contributed by atoms with Gasteiger partial charge in [-0.3, -0.25) is 14.4 Å². The summed E-state index contributed by atoms with van der Waals surface area (Å²) < 4.78 is 9.99. The molecule has 0 aromatic heterocycles. The summed E-state index contributed by atoms with van der Waals surface area (Å²) in [6.45, 7) is 17.2. The number of benzene rings is 1. The van der Waals surface area contributed by atoms with Crippen molar-refractivity contribution in [2.45, 2.75) is 119 Å². The lowest BCUT2D eigenvalue weighted by molar-refractivity contribution is -0.141. The smallest absolute Gasteiger partial charge is 0.409 e. The monoisotopic (exact) mass is 725 g/mol. The Morgan fingerprint density at radius 1 is 0.941 bits per heavy atom. The molecule has 51 heavy (non-hydrogen) atoms. The number of esters is 1. The highest BCUT2D eigenvalue weighted by Gasteiger charge is 2.16. The molecule has 0 aliphatic rings. The topological polar surface area (TPSA) is 198 Å². The summed E-state index contributed by atoms with van der Waals surface area (Å²) in [5.74, 6) is -0.622. The Balaban J connectivity index is -0.000000960. The van der Waals surface area contributed by atoms with E-state index in [1.807, 2.05) is 13.8 Å². The van der Waals surface area contributed by atoms with Crippen LogP contribution in [0.5, 0.6) is 0 Å². The Hall–Kier alpha value is -4.20. The first-order chi connectivity index (χ1) is 24.1. The molecule has 294 valence electrons. The van der Waals surface area contributed by atoms with Crippen molar-refractivity contribution >= 4 is 41.9 Å². The van der Waals surface area contributed by atoms with E-state index in [4.69, 9.17) is 15.2 Å². The number of unbranched alkanes of at least 4 members (excludes halogenated alkanes) is 2. The summed E-state index contributed by atoms with van der Waals surface area (Å²) >= 11 is 0. The zero-order valence-corrected chi connectivity index (χ0v) is 32.9. The van der Waals surface area contributed by atoms with Gasteiger partial charge in [-0.05, 0) is 55.8 Å². The Morgan fingerprint density at radius 3 is 2.06 bits per heavy atom. The Bertz CT molecular complexity index is 1090. The van der Waals surface area contributed by atoms with Gasteiger partial charge in [-0.1, -0.05) is 79.9 Å². The standard InChI is InChI=1S/C20H31N5O6.C12H23NO2.C3H8.C2H6/c1-14(26)30-12-11-25(3)20(29)31-13-15-6-8-16(9-7-15)24-18(27)17(22-2)5-4-10-23-19(21)28;1-12(2,3)8-6-4-5-7-11(15)13-9-10-14;1-3-2;1-2/h6-9,17,22H,4-5,10-13H2,1-3H3,(H,24,27)(H3,21,23,28);10H,4-9H2,1-3H3,(H,13,15);3H2,1-2H3;1-2H3. The Labute approximate surface area is 306 Å². The van der Waals surface area contributed by atoms with Crippen LogP contribution >= 0.6 is 0 Å². The SMILES string of the molecule is CC.CC(C)(C)CCCCCC(=O)NCC=O.CCC.CNC(CCCNC(N)=O)C(=O)Nc1ccc(COC(=O)N(C)CCOC(C)=O)cc1. The van der Waals surface area contributed by atoms with Crippen LogP contribution in [-0.4, -0.2) is 87.5 Å². The van der Waals surface area contributed by atoms with Crippen molar-refractivity contribution in [3.05, 3.63) is 29.8 Å². The molecule has 6 N–H and O–H groups in total. The average Bonchev–Trinajstić information content (AvgIpc) is 3.07. The summed E-state index contributed by atoms with van der Waals surface area (Å²) in [7, 11) is 3.24. The molecule has 0 aliphatic heterocycles. The normalized spacial score (nSPS) is 10.5. The molecule has 0 bridgehead atoms. The van der Waals surface area contributed by atoms with Crippen LogP contribution in [0.15, 0.2) is 24.3 Å². The van der Waals surface area contributed by atoms with E-state index in [1.54, 1.807) is 38.4 Å². The van der Waals surface area contributed by atoms with Crippen LogP contribution in [0.3, 0.4) is 0 Å². The lowest BCUT2D eigenvalue weighted by Gasteiger charge is -2.17. The second kappa shape index (κ2) is 33.0. The molecule has 0 spiro atoms. The quantitative estimate of drug-likeness (QED) is 0.0691. The zero-order valence-electron chi connectivity index (χ0n) is 32.9. The number of nitrogens with two attached hydrogens (primary N) is 1. The van der Waals surface area contributed by atoms with Crippen molar-refractivity contribution in [2.75, 3.05) is 45.7 Å². The maximum Gasteiger partial charge on any atom is 0.409 e. The molecule has 1 unspecified atom stereocenters. The lowest BCUT2D eigenvalue weighted by Crippen LogP contribution is -2.39. The first-order valence-corrected chi connectivity index (χ1v) is 17.9. The number of nitrogens with one attached hydrogen (secondary N) is 4. The largest absolute Gasteiger partial charge is 0.464 e. The molecule has 0 radical (unpaired) electrons. The number of aldehydes is 1. The van der Waals surface area contributed by atoms with Gasteiger partial charge in [0.15, 0.2) is 0 Å². The molecule has 0 aliphatic carbocycles. The van der Waals surface area contributed by atoms with E-state index >= 15 is 0 Å². The number of likely N-dealkylation sites (N-methyl/N-ethyl adjacent to an activating group) is 2. The number of carbonyl (C=O) groups is 6. The first-order valence-electron chi connectivity index (χ1n) is 17.9. The molecule has 0 heterocycles. The number of primary amides is 1. The highest BCUT2D eigenvalue weighted by atomic mass is 16.6. The van der Waals surface area contributed by atoms with Crippen molar-refractivity contribution in [3.8, 4) is 0 Å². The summed E-state index contributed by atoms with van der Waals surface area (Å²) in [6.07, 6.45) is 7.46. The summed E-state index contributed by atoms with van der Waals surface area (Å²) in [5.41, 5.74) is 6.75. The average molecular weight is 725 g/mol. The molecule has 0 fully saturated rings. The molecule has 0 saturated heterocycles.